The molecule has 1 unspecified atom stereocenters. The second kappa shape index (κ2) is 7.09. The van der Waals surface area contributed by atoms with Crippen LogP contribution in [0.4, 0.5) is 17.6 Å². The molecule has 0 spiro atoms. The largest absolute Gasteiger partial charge is 0.419 e. The average Bonchev–Trinajstić information content (AvgIpc) is 2.42. The summed E-state index contributed by atoms with van der Waals surface area (Å²) in [6, 6.07) is 2.54. The Labute approximate surface area is 127 Å². The minimum atomic E-state index is -4.83. The Hall–Kier alpha value is -1.63. The van der Waals surface area contributed by atoms with Crippen LogP contribution in [0.15, 0.2) is 18.2 Å². The molecule has 0 aromatic heterocycles. The smallest absolute Gasteiger partial charge is 0.342 e. The highest BCUT2D eigenvalue weighted by molar-refractivity contribution is 5.94. The van der Waals surface area contributed by atoms with Crippen LogP contribution >= 0.6 is 0 Å². The third kappa shape index (κ3) is 4.43. The Morgan fingerprint density at radius 2 is 1.91 bits per heavy atom. The van der Waals surface area contributed by atoms with Crippen molar-refractivity contribution in [1.29, 1.82) is 0 Å². The van der Waals surface area contributed by atoms with Gasteiger partial charge in [-0.15, -0.1) is 0 Å². The summed E-state index contributed by atoms with van der Waals surface area (Å²) in [6.45, 7) is 4.10. The van der Waals surface area contributed by atoms with Crippen molar-refractivity contribution in [3.63, 3.8) is 0 Å². The van der Waals surface area contributed by atoms with Crippen LogP contribution in [0.1, 0.15) is 36.2 Å². The van der Waals surface area contributed by atoms with Gasteiger partial charge in [-0.05, 0) is 24.5 Å². The fraction of sp³-hybridized carbons (Fsp3) is 0.533. The van der Waals surface area contributed by atoms with Crippen LogP contribution in [0.3, 0.4) is 0 Å². The number of nitrogens with two attached hydrogens (primary N) is 1. The summed E-state index contributed by atoms with van der Waals surface area (Å²) in [5, 5.41) is 0. The molecule has 3 nitrogen and oxygen atoms in total. The summed E-state index contributed by atoms with van der Waals surface area (Å²) in [5.74, 6) is -2.12. The number of carbonyl (C=O) groups excluding carboxylic acids is 1. The average molecular weight is 320 g/mol. The predicted molar refractivity (Wildman–Crippen MR) is 75.8 cm³/mol. The number of hydrogen-bond acceptors (Lipinski definition) is 2. The molecule has 0 heterocycles. The van der Waals surface area contributed by atoms with Crippen molar-refractivity contribution < 1.29 is 22.4 Å². The maximum absolute atomic E-state index is 13.9. The van der Waals surface area contributed by atoms with E-state index in [0.29, 0.717) is 12.5 Å². The van der Waals surface area contributed by atoms with E-state index >= 15 is 0 Å². The van der Waals surface area contributed by atoms with Crippen LogP contribution in [-0.2, 0) is 6.18 Å². The summed E-state index contributed by atoms with van der Waals surface area (Å²) >= 11 is 0. The Bertz CT molecular complexity index is 529. The molecule has 2 N–H and O–H groups in total. The number of hydrogen-bond donors (Lipinski definition) is 1. The van der Waals surface area contributed by atoms with Crippen LogP contribution < -0.4 is 5.73 Å². The van der Waals surface area contributed by atoms with E-state index in [2.05, 4.69) is 0 Å². The Morgan fingerprint density at radius 1 is 1.32 bits per heavy atom. The third-order valence-corrected chi connectivity index (χ3v) is 3.54. The molecule has 1 atom stereocenters. The molecule has 0 fully saturated rings. The van der Waals surface area contributed by atoms with Crippen molar-refractivity contribution in [1.82, 2.24) is 4.90 Å². The first kappa shape index (κ1) is 18.4. The van der Waals surface area contributed by atoms with E-state index in [1.807, 2.05) is 13.8 Å². The fourth-order valence-corrected chi connectivity index (χ4v) is 1.90. The second-order valence-corrected chi connectivity index (χ2v) is 5.59. The van der Waals surface area contributed by atoms with Gasteiger partial charge in [-0.2, -0.15) is 13.2 Å². The normalized spacial score (nSPS) is 13.3. The molecular weight excluding hydrogens is 300 g/mol. The van der Waals surface area contributed by atoms with Gasteiger partial charge in [0.05, 0.1) is 11.1 Å². The van der Waals surface area contributed by atoms with E-state index < -0.39 is 29.0 Å². The van der Waals surface area contributed by atoms with Gasteiger partial charge >= 0.3 is 6.18 Å². The lowest BCUT2D eigenvalue weighted by Gasteiger charge is -2.22. The van der Waals surface area contributed by atoms with E-state index in [1.54, 1.807) is 0 Å². The van der Waals surface area contributed by atoms with E-state index in [-0.39, 0.29) is 18.5 Å². The van der Waals surface area contributed by atoms with Gasteiger partial charge in [0.1, 0.15) is 5.82 Å². The van der Waals surface area contributed by atoms with Gasteiger partial charge in [0.15, 0.2) is 0 Å². The van der Waals surface area contributed by atoms with Gasteiger partial charge in [0.2, 0.25) is 0 Å². The number of carbonyl (C=O) groups is 1. The van der Waals surface area contributed by atoms with Crippen LogP contribution in [0.2, 0.25) is 0 Å². The zero-order valence-electron chi connectivity index (χ0n) is 12.7. The Morgan fingerprint density at radius 3 is 2.41 bits per heavy atom. The number of nitrogens with zero attached hydrogens (tertiary/aromatic N) is 1. The van der Waals surface area contributed by atoms with E-state index in [4.69, 9.17) is 5.73 Å². The number of amides is 1. The van der Waals surface area contributed by atoms with Crippen molar-refractivity contribution in [3.05, 3.63) is 35.1 Å². The number of benzene rings is 1. The van der Waals surface area contributed by atoms with Crippen LogP contribution in [-0.4, -0.2) is 30.4 Å². The molecule has 124 valence electrons. The summed E-state index contributed by atoms with van der Waals surface area (Å²) in [5.41, 5.74) is 3.83. The lowest BCUT2D eigenvalue weighted by molar-refractivity contribution is -0.140. The summed E-state index contributed by atoms with van der Waals surface area (Å²) in [4.78, 5) is 13.3. The van der Waals surface area contributed by atoms with E-state index in [1.165, 1.54) is 11.9 Å². The van der Waals surface area contributed by atoms with Gasteiger partial charge in [-0.25, -0.2) is 4.39 Å². The molecule has 7 heteroatoms. The SMILES string of the molecule is CC(C)C(N)CCN(C)C(=O)c1cccc(C(F)(F)F)c1F. The molecule has 1 aromatic carbocycles. The highest BCUT2D eigenvalue weighted by Crippen LogP contribution is 2.32. The third-order valence-electron chi connectivity index (χ3n) is 3.54. The number of alkyl halides is 3. The van der Waals surface area contributed by atoms with Crippen LogP contribution in [0.25, 0.3) is 0 Å². The molecule has 0 aliphatic heterocycles. The zero-order chi connectivity index (χ0) is 17.1. The summed E-state index contributed by atoms with van der Waals surface area (Å²) in [6.07, 6.45) is -4.35. The maximum Gasteiger partial charge on any atom is 0.419 e. The molecule has 0 radical (unpaired) electrons. The molecular formula is C15H20F4N2O. The van der Waals surface area contributed by atoms with E-state index in [9.17, 15) is 22.4 Å². The van der Waals surface area contributed by atoms with Crippen LogP contribution in [0.5, 0.6) is 0 Å². The van der Waals surface area contributed by atoms with E-state index in [0.717, 1.165) is 12.1 Å². The van der Waals surface area contributed by atoms with Gasteiger partial charge in [0, 0.05) is 19.6 Å². The predicted octanol–water partition coefficient (Wildman–Crippen LogP) is 3.29. The molecule has 22 heavy (non-hydrogen) atoms. The molecule has 1 rings (SSSR count). The fourth-order valence-electron chi connectivity index (χ4n) is 1.90. The quantitative estimate of drug-likeness (QED) is 0.846. The standard InChI is InChI=1S/C15H20F4N2O/c1-9(2)12(20)7-8-21(3)14(22)10-5-4-6-11(13(10)16)15(17,18)19/h4-6,9,12H,7-8,20H2,1-3H3. The highest BCUT2D eigenvalue weighted by atomic mass is 19.4. The van der Waals surface area contributed by atoms with Gasteiger partial charge in [0.25, 0.3) is 5.91 Å². The van der Waals surface area contributed by atoms with Crippen molar-refractivity contribution in [2.75, 3.05) is 13.6 Å². The second-order valence-electron chi connectivity index (χ2n) is 5.59. The molecule has 0 bridgehead atoms. The lowest BCUT2D eigenvalue weighted by Crippen LogP contribution is -2.35. The summed E-state index contributed by atoms with van der Waals surface area (Å²) in [7, 11) is 1.41. The van der Waals surface area contributed by atoms with Gasteiger partial charge in [-0.3, -0.25) is 4.79 Å². The van der Waals surface area contributed by atoms with Crippen molar-refractivity contribution in [3.8, 4) is 0 Å². The summed E-state index contributed by atoms with van der Waals surface area (Å²) < 4.78 is 51.9. The topological polar surface area (TPSA) is 46.3 Å². The Balaban J connectivity index is 2.90. The number of rotatable bonds is 5. The molecule has 0 saturated carbocycles. The first-order chi connectivity index (χ1) is 10.1. The lowest BCUT2D eigenvalue weighted by atomic mass is 10.0. The van der Waals surface area contributed by atoms with Crippen molar-refractivity contribution >= 4 is 5.91 Å². The van der Waals surface area contributed by atoms with Crippen molar-refractivity contribution in [2.24, 2.45) is 11.7 Å². The first-order valence-electron chi connectivity index (χ1n) is 6.92. The minimum Gasteiger partial charge on any atom is -0.342 e. The highest BCUT2D eigenvalue weighted by Gasteiger charge is 2.36. The minimum absolute atomic E-state index is 0.137. The molecule has 0 aliphatic rings. The number of halogens is 4. The first-order valence-corrected chi connectivity index (χ1v) is 6.92. The zero-order valence-corrected chi connectivity index (χ0v) is 12.7. The van der Waals surface area contributed by atoms with Gasteiger partial charge < -0.3 is 10.6 Å². The molecule has 0 aliphatic carbocycles. The van der Waals surface area contributed by atoms with Crippen molar-refractivity contribution in [2.45, 2.75) is 32.5 Å². The van der Waals surface area contributed by atoms with Crippen LogP contribution in [0, 0.1) is 11.7 Å². The van der Waals surface area contributed by atoms with Gasteiger partial charge in [-0.1, -0.05) is 19.9 Å². The molecule has 1 aromatic rings. The molecule has 1 amide bonds. The molecule has 0 saturated heterocycles. The Kier molecular flexibility index (Phi) is 5.93. The monoisotopic (exact) mass is 320 g/mol. The maximum atomic E-state index is 13.9.